The molecule has 0 spiro atoms. The lowest BCUT2D eigenvalue weighted by molar-refractivity contribution is -0.143. The minimum Gasteiger partial charge on any atom is -0.481 e. The van der Waals surface area contributed by atoms with E-state index in [1.54, 1.807) is 0 Å². The van der Waals surface area contributed by atoms with Crippen LogP contribution in [-0.4, -0.2) is 23.0 Å². The van der Waals surface area contributed by atoms with Gasteiger partial charge in [0.1, 0.15) is 0 Å². The lowest BCUT2D eigenvalue weighted by atomic mass is 9.86. The number of carboxylic acids is 1. The zero-order valence-corrected chi connectivity index (χ0v) is 13.0. The molecule has 0 aromatic rings. The van der Waals surface area contributed by atoms with Crippen LogP contribution >= 0.6 is 0 Å². The Morgan fingerprint density at radius 1 is 1.10 bits per heavy atom. The van der Waals surface area contributed by atoms with Crippen molar-refractivity contribution in [3.8, 4) is 0 Å². The first-order valence-electron chi connectivity index (χ1n) is 7.94. The average molecular weight is 283 g/mol. The molecule has 1 amide bonds. The average Bonchev–Trinajstić information content (AvgIpc) is 2.31. The molecule has 0 bridgehead atoms. The zero-order valence-electron chi connectivity index (χ0n) is 13.0. The molecular weight excluding hydrogens is 254 g/mol. The first kappa shape index (κ1) is 17.0. The molecule has 0 aromatic carbocycles. The number of aliphatic carboxylic acids is 1. The van der Waals surface area contributed by atoms with Gasteiger partial charge in [-0.3, -0.25) is 9.59 Å². The highest BCUT2D eigenvalue weighted by Crippen LogP contribution is 2.24. The molecule has 1 fully saturated rings. The van der Waals surface area contributed by atoms with Gasteiger partial charge in [0.2, 0.25) is 5.91 Å². The normalized spacial score (nSPS) is 25.6. The number of carbonyl (C=O) groups is 2. The minimum atomic E-state index is -0.769. The SMILES string of the molecule is CC(C)C(C)CC(=O)NC1CCCCCCC1C(=O)O. The van der Waals surface area contributed by atoms with Crippen molar-refractivity contribution in [2.75, 3.05) is 0 Å². The first-order chi connectivity index (χ1) is 9.41. The summed E-state index contributed by atoms with van der Waals surface area (Å²) in [7, 11) is 0. The predicted octanol–water partition coefficient (Wildman–Crippen LogP) is 3.21. The third-order valence-corrected chi connectivity index (χ3v) is 4.57. The van der Waals surface area contributed by atoms with Gasteiger partial charge in [0.15, 0.2) is 0 Å². The number of hydrogen-bond acceptors (Lipinski definition) is 2. The Morgan fingerprint density at radius 3 is 2.25 bits per heavy atom. The van der Waals surface area contributed by atoms with Crippen LogP contribution in [-0.2, 0) is 9.59 Å². The fourth-order valence-corrected chi connectivity index (χ4v) is 2.75. The topological polar surface area (TPSA) is 66.4 Å². The van der Waals surface area contributed by atoms with Crippen LogP contribution in [0.3, 0.4) is 0 Å². The van der Waals surface area contributed by atoms with Gasteiger partial charge in [0.05, 0.1) is 5.92 Å². The lowest BCUT2D eigenvalue weighted by Crippen LogP contribution is -2.44. The van der Waals surface area contributed by atoms with E-state index >= 15 is 0 Å². The molecule has 1 rings (SSSR count). The van der Waals surface area contributed by atoms with Gasteiger partial charge in [-0.1, -0.05) is 46.5 Å². The summed E-state index contributed by atoms with van der Waals surface area (Å²) in [5.74, 6) is -0.397. The Hall–Kier alpha value is -1.06. The summed E-state index contributed by atoms with van der Waals surface area (Å²) < 4.78 is 0. The molecule has 4 heteroatoms. The summed E-state index contributed by atoms with van der Waals surface area (Å²) >= 11 is 0. The maximum Gasteiger partial charge on any atom is 0.308 e. The highest BCUT2D eigenvalue weighted by atomic mass is 16.4. The van der Waals surface area contributed by atoms with E-state index in [2.05, 4.69) is 26.1 Å². The molecule has 0 aromatic heterocycles. The number of hydrogen-bond donors (Lipinski definition) is 2. The van der Waals surface area contributed by atoms with Gasteiger partial charge < -0.3 is 10.4 Å². The summed E-state index contributed by atoms with van der Waals surface area (Å²) in [6, 6.07) is -0.195. The Morgan fingerprint density at radius 2 is 1.70 bits per heavy atom. The summed E-state index contributed by atoms with van der Waals surface area (Å²) in [5.41, 5.74) is 0. The number of carbonyl (C=O) groups excluding carboxylic acids is 1. The number of rotatable bonds is 5. The van der Waals surface area contributed by atoms with Crippen LogP contribution in [0.2, 0.25) is 0 Å². The number of amides is 1. The Bertz CT molecular complexity index is 328. The van der Waals surface area contributed by atoms with Crippen LogP contribution < -0.4 is 5.32 Å². The van der Waals surface area contributed by atoms with Gasteiger partial charge >= 0.3 is 5.97 Å². The molecule has 1 saturated carbocycles. The van der Waals surface area contributed by atoms with E-state index in [1.165, 1.54) is 0 Å². The largest absolute Gasteiger partial charge is 0.481 e. The second-order valence-corrected chi connectivity index (χ2v) is 6.54. The summed E-state index contributed by atoms with van der Waals surface area (Å²) in [4.78, 5) is 23.5. The van der Waals surface area contributed by atoms with Gasteiger partial charge in [0.25, 0.3) is 0 Å². The second kappa shape index (κ2) is 8.28. The van der Waals surface area contributed by atoms with Gasteiger partial charge in [-0.2, -0.15) is 0 Å². The molecule has 3 atom stereocenters. The number of nitrogens with one attached hydrogen (secondary N) is 1. The highest BCUT2D eigenvalue weighted by Gasteiger charge is 2.30. The zero-order chi connectivity index (χ0) is 15.1. The van der Waals surface area contributed by atoms with E-state index in [0.717, 1.165) is 32.1 Å². The van der Waals surface area contributed by atoms with Crippen LogP contribution in [0.5, 0.6) is 0 Å². The highest BCUT2D eigenvalue weighted by molar-refractivity contribution is 5.78. The maximum absolute atomic E-state index is 12.1. The minimum absolute atomic E-state index is 0.00280. The van der Waals surface area contributed by atoms with Crippen molar-refractivity contribution < 1.29 is 14.7 Å². The third kappa shape index (κ3) is 5.51. The van der Waals surface area contributed by atoms with E-state index in [4.69, 9.17) is 0 Å². The molecule has 1 aliphatic rings. The van der Waals surface area contributed by atoms with E-state index in [-0.39, 0.29) is 11.9 Å². The summed E-state index contributed by atoms with van der Waals surface area (Å²) in [5, 5.41) is 12.3. The van der Waals surface area contributed by atoms with E-state index in [0.29, 0.717) is 24.7 Å². The first-order valence-corrected chi connectivity index (χ1v) is 7.94. The molecule has 0 heterocycles. The summed E-state index contributed by atoms with van der Waals surface area (Å²) in [6.07, 6.45) is 6.16. The quantitative estimate of drug-likeness (QED) is 0.814. The monoisotopic (exact) mass is 283 g/mol. The van der Waals surface area contributed by atoms with Crippen molar-refractivity contribution in [2.24, 2.45) is 17.8 Å². The van der Waals surface area contributed by atoms with Gasteiger partial charge in [-0.25, -0.2) is 0 Å². The van der Waals surface area contributed by atoms with E-state index in [9.17, 15) is 14.7 Å². The van der Waals surface area contributed by atoms with Crippen LogP contribution in [0.1, 0.15) is 65.7 Å². The summed E-state index contributed by atoms with van der Waals surface area (Å²) in [6.45, 7) is 6.28. The standard InChI is InChI=1S/C16H29NO3/c1-11(2)12(3)10-15(18)17-14-9-7-5-4-6-8-13(14)16(19)20/h11-14H,4-10H2,1-3H3,(H,17,18)(H,19,20). The van der Waals surface area contributed by atoms with Gasteiger partial charge in [-0.05, 0) is 24.7 Å². The third-order valence-electron chi connectivity index (χ3n) is 4.57. The molecule has 20 heavy (non-hydrogen) atoms. The number of carboxylic acid groups (broad SMARTS) is 1. The van der Waals surface area contributed by atoms with Crippen LogP contribution in [0.25, 0.3) is 0 Å². The maximum atomic E-state index is 12.1. The predicted molar refractivity (Wildman–Crippen MR) is 79.4 cm³/mol. The second-order valence-electron chi connectivity index (χ2n) is 6.54. The van der Waals surface area contributed by atoms with Crippen molar-refractivity contribution in [3.05, 3.63) is 0 Å². The molecule has 3 unspecified atom stereocenters. The van der Waals surface area contributed by atoms with Crippen LogP contribution in [0.15, 0.2) is 0 Å². The molecule has 116 valence electrons. The fraction of sp³-hybridized carbons (Fsp3) is 0.875. The molecule has 0 aliphatic heterocycles. The molecule has 4 nitrogen and oxygen atoms in total. The van der Waals surface area contributed by atoms with Gasteiger partial charge in [-0.15, -0.1) is 0 Å². The Labute approximate surface area is 122 Å². The van der Waals surface area contributed by atoms with Crippen LogP contribution in [0, 0.1) is 17.8 Å². The molecule has 0 radical (unpaired) electrons. The van der Waals surface area contributed by atoms with Crippen molar-refractivity contribution in [3.63, 3.8) is 0 Å². The lowest BCUT2D eigenvalue weighted by Gasteiger charge is -2.28. The van der Waals surface area contributed by atoms with Crippen molar-refractivity contribution >= 4 is 11.9 Å². The van der Waals surface area contributed by atoms with E-state index < -0.39 is 11.9 Å². The van der Waals surface area contributed by atoms with E-state index in [1.807, 2.05) is 0 Å². The molecule has 0 saturated heterocycles. The van der Waals surface area contributed by atoms with Crippen molar-refractivity contribution in [1.29, 1.82) is 0 Å². The fourth-order valence-electron chi connectivity index (χ4n) is 2.75. The van der Waals surface area contributed by atoms with Crippen molar-refractivity contribution in [1.82, 2.24) is 5.32 Å². The molecule has 2 N–H and O–H groups in total. The Balaban J connectivity index is 2.59. The molecular formula is C16H29NO3. The molecule has 1 aliphatic carbocycles. The smallest absolute Gasteiger partial charge is 0.308 e. The van der Waals surface area contributed by atoms with Crippen LogP contribution in [0.4, 0.5) is 0 Å². The Kier molecular flexibility index (Phi) is 7.03. The van der Waals surface area contributed by atoms with Crippen molar-refractivity contribution in [2.45, 2.75) is 71.8 Å². The van der Waals surface area contributed by atoms with Gasteiger partial charge in [0, 0.05) is 12.5 Å².